The smallest absolute Gasteiger partial charge is 0.338 e. The lowest BCUT2D eigenvalue weighted by Crippen LogP contribution is -2.26. The van der Waals surface area contributed by atoms with Crippen molar-refractivity contribution in [2.45, 2.75) is 85.0 Å². The van der Waals surface area contributed by atoms with Crippen LogP contribution in [0, 0.1) is 5.41 Å². The van der Waals surface area contributed by atoms with E-state index in [0.29, 0.717) is 30.7 Å². The van der Waals surface area contributed by atoms with Crippen LogP contribution >= 0.6 is 0 Å². The van der Waals surface area contributed by atoms with E-state index in [1.165, 1.54) is 44.7 Å². The molecule has 1 aliphatic carbocycles. The Kier molecular flexibility index (Phi) is 9.96. The minimum Gasteiger partial charge on any atom is -0.511 e. The van der Waals surface area contributed by atoms with Crippen molar-refractivity contribution in [3.63, 3.8) is 0 Å². The van der Waals surface area contributed by atoms with Crippen LogP contribution in [-0.4, -0.2) is 29.7 Å². The van der Waals surface area contributed by atoms with Crippen LogP contribution in [0.4, 0.5) is 5.69 Å². The number of carbonyl (C=O) groups excluding carboxylic acids is 2. The summed E-state index contributed by atoms with van der Waals surface area (Å²) in [6.07, 6.45) is 11.9. The molecule has 1 N–H and O–H groups in total. The summed E-state index contributed by atoms with van der Waals surface area (Å²) in [4.78, 5) is 28.7. The van der Waals surface area contributed by atoms with Gasteiger partial charge in [-0.1, -0.05) is 65.7 Å². The zero-order chi connectivity index (χ0) is 22.7. The summed E-state index contributed by atoms with van der Waals surface area (Å²) in [5.41, 5.74) is 1.14. The Labute approximate surface area is 186 Å². The molecule has 0 bridgehead atoms. The van der Waals surface area contributed by atoms with Crippen LogP contribution in [0.15, 0.2) is 40.6 Å². The number of esters is 1. The Morgan fingerprint density at radius 3 is 2.26 bits per heavy atom. The summed E-state index contributed by atoms with van der Waals surface area (Å²) >= 11 is 0. The molecular weight excluding hydrogens is 390 g/mol. The Morgan fingerprint density at radius 1 is 1.03 bits per heavy atom. The molecule has 1 aromatic carbocycles. The number of Topliss-reactive ketones (excluding diaryl/α,β-unsaturated/α-hetero) is 1. The summed E-state index contributed by atoms with van der Waals surface area (Å²) in [7, 11) is 0. The molecule has 0 atom stereocenters. The van der Waals surface area contributed by atoms with Crippen LogP contribution in [0.5, 0.6) is 0 Å². The van der Waals surface area contributed by atoms with Crippen molar-refractivity contribution in [2.24, 2.45) is 10.4 Å². The van der Waals surface area contributed by atoms with Gasteiger partial charge in [-0.15, -0.1) is 0 Å². The van der Waals surface area contributed by atoms with Gasteiger partial charge in [-0.3, -0.25) is 9.79 Å². The van der Waals surface area contributed by atoms with Gasteiger partial charge in [0.05, 0.1) is 23.4 Å². The maximum absolute atomic E-state index is 12.2. The Bertz CT molecular complexity index is 790. The lowest BCUT2D eigenvalue weighted by molar-refractivity contribution is -0.117. The monoisotopic (exact) mass is 427 g/mol. The highest BCUT2D eigenvalue weighted by Gasteiger charge is 2.32. The van der Waals surface area contributed by atoms with Gasteiger partial charge < -0.3 is 9.84 Å². The van der Waals surface area contributed by atoms with E-state index in [1.807, 2.05) is 13.8 Å². The van der Waals surface area contributed by atoms with Gasteiger partial charge in [0.2, 0.25) is 0 Å². The molecule has 0 saturated heterocycles. The highest BCUT2D eigenvalue weighted by Crippen LogP contribution is 2.35. The zero-order valence-electron chi connectivity index (χ0n) is 19.3. The molecule has 0 fully saturated rings. The van der Waals surface area contributed by atoms with Gasteiger partial charge in [-0.05, 0) is 36.1 Å². The topological polar surface area (TPSA) is 76.0 Å². The molecule has 0 amide bonds. The standard InChI is InChI=1S/C26H37NO4/c1-4-5-6-7-8-9-10-11-16-31-25(30)20-12-14-21(15-13-20)27-19-22-23(28)17-26(2,3)18-24(22)29/h12-15,19,28H,4-11,16-18H2,1-3H3. The number of carbonyl (C=O) groups is 2. The fourth-order valence-corrected chi connectivity index (χ4v) is 3.76. The zero-order valence-corrected chi connectivity index (χ0v) is 19.3. The molecule has 5 nitrogen and oxygen atoms in total. The third-order valence-electron chi connectivity index (χ3n) is 5.57. The third-order valence-corrected chi connectivity index (χ3v) is 5.57. The maximum atomic E-state index is 12.2. The van der Waals surface area contributed by atoms with Crippen LogP contribution in [0.3, 0.4) is 0 Å². The summed E-state index contributed by atoms with van der Waals surface area (Å²) < 4.78 is 5.35. The van der Waals surface area contributed by atoms with Crippen molar-refractivity contribution >= 4 is 23.7 Å². The number of ether oxygens (including phenoxy) is 1. The van der Waals surface area contributed by atoms with Crippen molar-refractivity contribution in [3.05, 3.63) is 41.2 Å². The van der Waals surface area contributed by atoms with E-state index in [9.17, 15) is 14.7 Å². The van der Waals surface area contributed by atoms with Crippen LogP contribution < -0.4 is 0 Å². The van der Waals surface area contributed by atoms with E-state index in [0.717, 1.165) is 12.8 Å². The van der Waals surface area contributed by atoms with Gasteiger partial charge in [0.15, 0.2) is 5.78 Å². The highest BCUT2D eigenvalue weighted by atomic mass is 16.5. The molecule has 170 valence electrons. The molecule has 31 heavy (non-hydrogen) atoms. The van der Waals surface area contributed by atoms with E-state index in [4.69, 9.17) is 4.74 Å². The van der Waals surface area contributed by atoms with E-state index < -0.39 is 0 Å². The van der Waals surface area contributed by atoms with Gasteiger partial charge in [0.1, 0.15) is 5.76 Å². The van der Waals surface area contributed by atoms with Gasteiger partial charge in [-0.25, -0.2) is 4.79 Å². The number of unbranched alkanes of at least 4 members (excludes halogenated alkanes) is 7. The first kappa shape index (κ1) is 24.8. The molecule has 0 heterocycles. The maximum Gasteiger partial charge on any atom is 0.338 e. The number of aliphatic hydroxyl groups excluding tert-OH is 1. The minimum atomic E-state index is -0.330. The van der Waals surface area contributed by atoms with Gasteiger partial charge in [0.25, 0.3) is 0 Å². The largest absolute Gasteiger partial charge is 0.511 e. The summed E-state index contributed by atoms with van der Waals surface area (Å²) in [5.74, 6) is -0.340. The third kappa shape index (κ3) is 8.68. The second-order valence-electron chi connectivity index (χ2n) is 9.22. The Balaban J connectivity index is 1.75. The molecule has 0 aromatic heterocycles. The first-order valence-electron chi connectivity index (χ1n) is 11.6. The molecule has 0 saturated carbocycles. The molecule has 0 aliphatic heterocycles. The van der Waals surface area contributed by atoms with Gasteiger partial charge in [0, 0.05) is 19.1 Å². The fourth-order valence-electron chi connectivity index (χ4n) is 3.76. The highest BCUT2D eigenvalue weighted by molar-refractivity contribution is 6.14. The summed E-state index contributed by atoms with van der Waals surface area (Å²) in [6, 6.07) is 6.75. The second-order valence-corrected chi connectivity index (χ2v) is 9.22. The Hall–Kier alpha value is -2.43. The molecule has 2 rings (SSSR count). The molecule has 0 radical (unpaired) electrons. The van der Waals surface area contributed by atoms with Crippen molar-refractivity contribution in [1.82, 2.24) is 0 Å². The van der Waals surface area contributed by atoms with E-state index in [1.54, 1.807) is 24.3 Å². The normalized spacial score (nSPS) is 16.2. The number of allylic oxidation sites excluding steroid dienone is 2. The predicted octanol–water partition coefficient (Wildman–Crippen LogP) is 6.89. The number of nitrogens with zero attached hydrogens (tertiary/aromatic N) is 1. The van der Waals surface area contributed by atoms with Crippen molar-refractivity contribution in [2.75, 3.05) is 6.61 Å². The first-order valence-corrected chi connectivity index (χ1v) is 11.6. The number of hydrogen-bond acceptors (Lipinski definition) is 5. The fraction of sp³-hybridized carbons (Fsp3) is 0.577. The van der Waals surface area contributed by atoms with E-state index in [-0.39, 0.29) is 28.5 Å². The first-order chi connectivity index (χ1) is 14.8. The quantitative estimate of drug-likeness (QED) is 0.224. The summed E-state index contributed by atoms with van der Waals surface area (Å²) in [5, 5.41) is 10.2. The lowest BCUT2D eigenvalue weighted by atomic mass is 9.77. The Morgan fingerprint density at radius 2 is 1.65 bits per heavy atom. The van der Waals surface area contributed by atoms with Crippen LogP contribution in [0.25, 0.3) is 0 Å². The second kappa shape index (κ2) is 12.4. The average Bonchev–Trinajstić information content (AvgIpc) is 2.71. The average molecular weight is 428 g/mol. The van der Waals surface area contributed by atoms with Gasteiger partial charge in [-0.2, -0.15) is 0 Å². The van der Waals surface area contributed by atoms with Crippen LogP contribution in [0.1, 0.15) is 95.3 Å². The number of benzene rings is 1. The van der Waals surface area contributed by atoms with Crippen molar-refractivity contribution in [3.8, 4) is 0 Å². The van der Waals surface area contributed by atoms with Crippen LogP contribution in [-0.2, 0) is 9.53 Å². The lowest BCUT2D eigenvalue weighted by Gasteiger charge is -2.28. The molecule has 1 aliphatic rings. The van der Waals surface area contributed by atoms with Crippen LogP contribution in [0.2, 0.25) is 0 Å². The minimum absolute atomic E-state index is 0.0890. The van der Waals surface area contributed by atoms with E-state index in [2.05, 4.69) is 11.9 Å². The van der Waals surface area contributed by atoms with E-state index >= 15 is 0 Å². The summed E-state index contributed by atoms with van der Waals surface area (Å²) in [6.45, 7) is 6.58. The number of aliphatic hydroxyl groups is 1. The van der Waals surface area contributed by atoms with Gasteiger partial charge >= 0.3 is 5.97 Å². The number of ketones is 1. The number of aliphatic imine (C=N–C) groups is 1. The number of hydrogen-bond donors (Lipinski definition) is 1. The van der Waals surface area contributed by atoms with Crippen molar-refractivity contribution in [1.29, 1.82) is 0 Å². The molecular formula is C26H37NO4. The number of rotatable bonds is 12. The molecule has 1 aromatic rings. The van der Waals surface area contributed by atoms with Crippen molar-refractivity contribution < 1.29 is 19.4 Å². The molecule has 0 spiro atoms. The molecule has 5 heteroatoms. The SMILES string of the molecule is CCCCCCCCCCOC(=O)c1ccc(N=CC2=C(O)CC(C)(C)CC2=O)cc1. The molecule has 0 unspecified atom stereocenters. The predicted molar refractivity (Wildman–Crippen MR) is 125 cm³/mol.